The van der Waals surface area contributed by atoms with E-state index in [1.165, 1.54) is 0 Å². The maximum atomic E-state index is 12.4. The minimum atomic E-state index is -0.221. The zero-order chi connectivity index (χ0) is 23.3. The fourth-order valence-electron chi connectivity index (χ4n) is 3.94. The summed E-state index contributed by atoms with van der Waals surface area (Å²) in [7, 11) is 7.12. The molecular weight excluding hydrogens is 408 g/mol. The van der Waals surface area contributed by atoms with Gasteiger partial charge >= 0.3 is 6.03 Å². The van der Waals surface area contributed by atoms with E-state index in [-0.39, 0.29) is 12.1 Å². The van der Waals surface area contributed by atoms with Crippen molar-refractivity contribution in [1.82, 2.24) is 15.3 Å². The smallest absolute Gasteiger partial charge is 0.319 e. The first kappa shape index (κ1) is 23.4. The van der Waals surface area contributed by atoms with E-state index in [4.69, 9.17) is 9.47 Å². The molecule has 0 spiro atoms. The van der Waals surface area contributed by atoms with E-state index in [1.807, 2.05) is 32.8 Å². The molecule has 0 atom stereocenters. The quantitative estimate of drug-likeness (QED) is 0.601. The van der Waals surface area contributed by atoms with Crippen molar-refractivity contribution in [1.29, 1.82) is 0 Å². The Bertz CT molecular complexity index is 942. The highest BCUT2D eigenvalue weighted by molar-refractivity contribution is 5.89. The molecule has 1 saturated carbocycles. The molecule has 1 aromatic heterocycles. The Kier molecular flexibility index (Phi) is 7.61. The van der Waals surface area contributed by atoms with Crippen LogP contribution in [-0.2, 0) is 0 Å². The summed E-state index contributed by atoms with van der Waals surface area (Å²) in [4.78, 5) is 23.7. The molecule has 3 N–H and O–H groups in total. The summed E-state index contributed by atoms with van der Waals surface area (Å²) in [6, 6.07) is 5.49. The lowest BCUT2D eigenvalue weighted by molar-refractivity contribution is 0.243. The van der Waals surface area contributed by atoms with E-state index < -0.39 is 0 Å². The highest BCUT2D eigenvalue weighted by Crippen LogP contribution is 2.30. The standard InChI is InChI=1S/C23H34N6O3/c1-14-15(2)24-22(28-21(14)29(3)4)25-16-7-9-17(10-8-16)26-23(30)27-18-11-12-19(31-5)20(13-18)32-6/h11-13,16-17H,7-10H2,1-6H3,(H,24,25,28)(H2,26,27,30). The zero-order valence-electron chi connectivity index (χ0n) is 19.8. The van der Waals surface area contributed by atoms with Crippen LogP contribution in [0.3, 0.4) is 0 Å². The van der Waals surface area contributed by atoms with E-state index in [1.54, 1.807) is 32.4 Å². The fourth-order valence-corrected chi connectivity index (χ4v) is 3.94. The Labute approximate surface area is 189 Å². The number of ether oxygens (including phenoxy) is 2. The van der Waals surface area contributed by atoms with Gasteiger partial charge in [-0.3, -0.25) is 0 Å². The number of nitrogens with zero attached hydrogens (tertiary/aromatic N) is 3. The van der Waals surface area contributed by atoms with Crippen molar-refractivity contribution in [3.05, 3.63) is 29.5 Å². The third kappa shape index (κ3) is 5.72. The number of nitrogens with one attached hydrogen (secondary N) is 3. The van der Waals surface area contributed by atoms with Crippen LogP contribution in [-0.4, -0.2) is 56.4 Å². The van der Waals surface area contributed by atoms with Crippen molar-refractivity contribution in [3.8, 4) is 11.5 Å². The third-order valence-corrected chi connectivity index (χ3v) is 5.82. The van der Waals surface area contributed by atoms with E-state index in [9.17, 15) is 4.79 Å². The molecule has 1 aromatic carbocycles. The molecule has 1 aliphatic rings. The van der Waals surface area contributed by atoms with Gasteiger partial charge in [0.15, 0.2) is 11.5 Å². The molecular formula is C23H34N6O3. The number of amides is 2. The van der Waals surface area contributed by atoms with Crippen LogP contribution in [0, 0.1) is 13.8 Å². The van der Waals surface area contributed by atoms with Gasteiger partial charge in [0.25, 0.3) is 0 Å². The predicted octanol–water partition coefficient (Wildman–Crippen LogP) is 3.72. The van der Waals surface area contributed by atoms with Crippen LogP contribution in [0.4, 0.5) is 22.2 Å². The van der Waals surface area contributed by atoms with Crippen molar-refractivity contribution >= 4 is 23.5 Å². The molecule has 32 heavy (non-hydrogen) atoms. The van der Waals surface area contributed by atoms with Gasteiger partial charge in [0.05, 0.1) is 14.2 Å². The number of rotatable bonds is 7. The van der Waals surface area contributed by atoms with E-state index in [2.05, 4.69) is 25.9 Å². The topological polar surface area (TPSA) is 101 Å². The van der Waals surface area contributed by atoms with Crippen LogP contribution in [0.25, 0.3) is 0 Å². The van der Waals surface area contributed by atoms with Crippen LogP contribution in [0.2, 0.25) is 0 Å². The van der Waals surface area contributed by atoms with Gasteiger partial charge in [-0.05, 0) is 51.7 Å². The first-order valence-corrected chi connectivity index (χ1v) is 10.9. The maximum Gasteiger partial charge on any atom is 0.319 e. The summed E-state index contributed by atoms with van der Waals surface area (Å²) < 4.78 is 10.5. The molecule has 1 heterocycles. The minimum Gasteiger partial charge on any atom is -0.493 e. The van der Waals surface area contributed by atoms with Crippen LogP contribution >= 0.6 is 0 Å². The molecule has 1 fully saturated rings. The molecule has 174 valence electrons. The van der Waals surface area contributed by atoms with Crippen molar-refractivity contribution in [2.24, 2.45) is 0 Å². The molecule has 0 unspecified atom stereocenters. The summed E-state index contributed by atoms with van der Waals surface area (Å²) in [6.07, 6.45) is 3.66. The summed E-state index contributed by atoms with van der Waals surface area (Å²) >= 11 is 0. The molecule has 9 heteroatoms. The van der Waals surface area contributed by atoms with Gasteiger partial charge in [-0.2, -0.15) is 4.98 Å². The second-order valence-electron chi connectivity index (χ2n) is 8.34. The highest BCUT2D eigenvalue weighted by atomic mass is 16.5. The first-order chi connectivity index (χ1) is 15.3. The number of hydrogen-bond donors (Lipinski definition) is 3. The van der Waals surface area contributed by atoms with Crippen molar-refractivity contribution < 1.29 is 14.3 Å². The Balaban J connectivity index is 1.50. The highest BCUT2D eigenvalue weighted by Gasteiger charge is 2.23. The third-order valence-electron chi connectivity index (χ3n) is 5.82. The molecule has 2 aromatic rings. The number of aromatic nitrogens is 2. The molecule has 0 saturated heterocycles. The largest absolute Gasteiger partial charge is 0.493 e. The fraction of sp³-hybridized carbons (Fsp3) is 0.522. The zero-order valence-corrected chi connectivity index (χ0v) is 19.8. The SMILES string of the molecule is COc1ccc(NC(=O)NC2CCC(Nc3nc(C)c(C)c(N(C)C)n3)CC2)cc1OC. The van der Waals surface area contributed by atoms with Gasteiger partial charge in [0, 0.05) is 49.2 Å². The van der Waals surface area contributed by atoms with Gasteiger partial charge in [-0.1, -0.05) is 0 Å². The molecule has 9 nitrogen and oxygen atoms in total. The summed E-state index contributed by atoms with van der Waals surface area (Å²) in [6.45, 7) is 4.05. The number of benzene rings is 1. The number of carbonyl (C=O) groups is 1. The molecule has 2 amide bonds. The van der Waals surface area contributed by atoms with Crippen LogP contribution in [0.15, 0.2) is 18.2 Å². The van der Waals surface area contributed by atoms with Crippen LogP contribution in [0.1, 0.15) is 36.9 Å². The second-order valence-corrected chi connectivity index (χ2v) is 8.34. The Morgan fingerprint density at radius 2 is 1.66 bits per heavy atom. The van der Waals surface area contributed by atoms with Gasteiger partial charge in [-0.25, -0.2) is 9.78 Å². The monoisotopic (exact) mass is 442 g/mol. The first-order valence-electron chi connectivity index (χ1n) is 10.9. The second kappa shape index (κ2) is 10.4. The van der Waals surface area contributed by atoms with Gasteiger partial charge < -0.3 is 30.3 Å². The predicted molar refractivity (Wildman–Crippen MR) is 127 cm³/mol. The molecule has 0 radical (unpaired) electrons. The molecule has 0 aliphatic heterocycles. The Morgan fingerprint density at radius 3 is 2.28 bits per heavy atom. The number of carbonyl (C=O) groups excluding carboxylic acids is 1. The summed E-state index contributed by atoms with van der Waals surface area (Å²) in [5.41, 5.74) is 2.72. The minimum absolute atomic E-state index is 0.131. The van der Waals surface area contributed by atoms with Crippen LogP contribution in [0.5, 0.6) is 11.5 Å². The van der Waals surface area contributed by atoms with E-state index in [0.717, 1.165) is 42.8 Å². The Morgan fingerprint density at radius 1 is 1.00 bits per heavy atom. The van der Waals surface area contributed by atoms with Gasteiger partial charge in [-0.15, -0.1) is 0 Å². The average molecular weight is 443 g/mol. The van der Waals surface area contributed by atoms with E-state index >= 15 is 0 Å². The summed E-state index contributed by atoms with van der Waals surface area (Å²) in [5, 5.41) is 9.42. The lowest BCUT2D eigenvalue weighted by Gasteiger charge is -2.30. The van der Waals surface area contributed by atoms with Crippen molar-refractivity contribution in [2.45, 2.75) is 51.6 Å². The molecule has 0 bridgehead atoms. The lowest BCUT2D eigenvalue weighted by Crippen LogP contribution is -2.42. The van der Waals surface area contributed by atoms with Crippen molar-refractivity contribution in [2.75, 3.05) is 43.8 Å². The van der Waals surface area contributed by atoms with Crippen molar-refractivity contribution in [3.63, 3.8) is 0 Å². The summed E-state index contributed by atoms with van der Waals surface area (Å²) in [5.74, 6) is 2.79. The average Bonchev–Trinajstić information content (AvgIpc) is 2.77. The Hall–Kier alpha value is -3.23. The van der Waals surface area contributed by atoms with Gasteiger partial charge in [0.1, 0.15) is 5.82 Å². The maximum absolute atomic E-state index is 12.4. The number of urea groups is 1. The number of hydrogen-bond acceptors (Lipinski definition) is 7. The normalized spacial score (nSPS) is 17.9. The van der Waals surface area contributed by atoms with Gasteiger partial charge in [0.2, 0.25) is 5.95 Å². The van der Waals surface area contributed by atoms with E-state index in [0.29, 0.717) is 29.2 Å². The molecule has 3 rings (SSSR count). The molecule has 1 aliphatic carbocycles. The van der Waals surface area contributed by atoms with Crippen LogP contribution < -0.4 is 30.3 Å². The lowest BCUT2D eigenvalue weighted by atomic mass is 9.91. The number of aryl methyl sites for hydroxylation is 1. The number of methoxy groups -OCH3 is 2. The number of anilines is 3.